The molecule has 2 N–H and O–H groups in total. The molecule has 5 nitrogen and oxygen atoms in total. The predicted molar refractivity (Wildman–Crippen MR) is 78.9 cm³/mol. The van der Waals surface area contributed by atoms with E-state index in [0.29, 0.717) is 22.8 Å². The van der Waals surface area contributed by atoms with E-state index in [1.807, 2.05) is 13.0 Å². The molecule has 2 rings (SSSR count). The number of halogens is 1. The van der Waals surface area contributed by atoms with Crippen molar-refractivity contribution in [3.8, 4) is 0 Å². The largest absolute Gasteiger partial charge is 0.378 e. The fraction of sp³-hybridized carbons (Fsp3) is 0.214. The monoisotopic (exact) mass is 290 g/mol. The summed E-state index contributed by atoms with van der Waals surface area (Å²) in [4.78, 5) is 19.9. The third-order valence-corrected chi connectivity index (χ3v) is 3.08. The van der Waals surface area contributed by atoms with Gasteiger partial charge in [-0.3, -0.25) is 4.79 Å². The van der Waals surface area contributed by atoms with Gasteiger partial charge in [-0.15, -0.1) is 0 Å². The average molecular weight is 291 g/mol. The van der Waals surface area contributed by atoms with Gasteiger partial charge in [0.25, 0.3) is 5.91 Å². The number of benzene rings is 1. The van der Waals surface area contributed by atoms with Gasteiger partial charge in [0.1, 0.15) is 5.82 Å². The van der Waals surface area contributed by atoms with Crippen molar-refractivity contribution in [1.82, 2.24) is 15.3 Å². The first-order valence-corrected chi connectivity index (χ1v) is 6.52. The van der Waals surface area contributed by atoms with E-state index in [-0.39, 0.29) is 5.91 Å². The molecule has 1 aromatic carbocycles. The molecule has 0 saturated carbocycles. The van der Waals surface area contributed by atoms with Gasteiger partial charge in [-0.2, -0.15) is 0 Å². The van der Waals surface area contributed by atoms with E-state index >= 15 is 0 Å². The highest BCUT2D eigenvalue weighted by Crippen LogP contribution is 2.23. The van der Waals surface area contributed by atoms with E-state index in [2.05, 4.69) is 20.6 Å². The second-order valence-corrected chi connectivity index (χ2v) is 4.63. The van der Waals surface area contributed by atoms with Crippen LogP contribution in [0.25, 0.3) is 0 Å². The first-order chi connectivity index (χ1) is 9.60. The first kappa shape index (κ1) is 14.3. The molecule has 0 aliphatic carbocycles. The van der Waals surface area contributed by atoms with Crippen LogP contribution in [0.3, 0.4) is 0 Å². The number of carbonyl (C=O) groups is 1. The maximum atomic E-state index is 11.6. The molecule has 0 unspecified atom stereocenters. The van der Waals surface area contributed by atoms with Crippen molar-refractivity contribution in [3.05, 3.63) is 52.6 Å². The highest BCUT2D eigenvalue weighted by Gasteiger charge is 2.07. The van der Waals surface area contributed by atoms with Gasteiger partial charge < -0.3 is 10.6 Å². The van der Waals surface area contributed by atoms with Crippen LogP contribution in [0.1, 0.15) is 21.9 Å². The number of aryl methyl sites for hydroxylation is 1. The Balaban J connectivity index is 2.14. The van der Waals surface area contributed by atoms with Crippen LogP contribution in [-0.2, 0) is 6.54 Å². The lowest BCUT2D eigenvalue weighted by Gasteiger charge is -2.10. The SMILES string of the molecule is CNC(=O)c1ccc(Cl)c(NCc2ccnc(C)n2)c1. The lowest BCUT2D eigenvalue weighted by Crippen LogP contribution is -2.18. The molecule has 0 spiro atoms. The van der Waals surface area contributed by atoms with E-state index in [1.54, 1.807) is 31.4 Å². The molecule has 0 radical (unpaired) electrons. The minimum absolute atomic E-state index is 0.150. The zero-order chi connectivity index (χ0) is 14.5. The molecule has 1 aromatic heterocycles. The zero-order valence-corrected chi connectivity index (χ0v) is 12.0. The van der Waals surface area contributed by atoms with Crippen molar-refractivity contribution in [1.29, 1.82) is 0 Å². The maximum absolute atomic E-state index is 11.6. The molecule has 6 heteroatoms. The van der Waals surface area contributed by atoms with Gasteiger partial charge in [0.05, 0.1) is 22.9 Å². The Morgan fingerprint density at radius 3 is 2.85 bits per heavy atom. The van der Waals surface area contributed by atoms with Crippen molar-refractivity contribution in [2.75, 3.05) is 12.4 Å². The van der Waals surface area contributed by atoms with Gasteiger partial charge in [0.2, 0.25) is 0 Å². The summed E-state index contributed by atoms with van der Waals surface area (Å²) in [5.41, 5.74) is 2.11. The van der Waals surface area contributed by atoms with Gasteiger partial charge in [-0.05, 0) is 31.2 Å². The van der Waals surface area contributed by atoms with Crippen molar-refractivity contribution < 1.29 is 4.79 Å². The lowest BCUT2D eigenvalue weighted by molar-refractivity contribution is 0.0963. The van der Waals surface area contributed by atoms with Crippen LogP contribution in [-0.4, -0.2) is 22.9 Å². The van der Waals surface area contributed by atoms with E-state index in [0.717, 1.165) is 11.5 Å². The van der Waals surface area contributed by atoms with Gasteiger partial charge >= 0.3 is 0 Å². The van der Waals surface area contributed by atoms with E-state index in [1.165, 1.54) is 0 Å². The minimum atomic E-state index is -0.150. The summed E-state index contributed by atoms with van der Waals surface area (Å²) in [5, 5.41) is 6.31. The molecule has 104 valence electrons. The van der Waals surface area contributed by atoms with E-state index < -0.39 is 0 Å². The fourth-order valence-corrected chi connectivity index (χ4v) is 1.92. The number of hydrogen-bond acceptors (Lipinski definition) is 4. The predicted octanol–water partition coefficient (Wildman–Crippen LogP) is 2.41. The van der Waals surface area contributed by atoms with Crippen LogP contribution in [0.2, 0.25) is 5.02 Å². The number of nitrogens with one attached hydrogen (secondary N) is 2. The number of rotatable bonds is 4. The highest BCUT2D eigenvalue weighted by molar-refractivity contribution is 6.33. The Morgan fingerprint density at radius 2 is 2.15 bits per heavy atom. The second-order valence-electron chi connectivity index (χ2n) is 4.22. The first-order valence-electron chi connectivity index (χ1n) is 6.14. The summed E-state index contributed by atoms with van der Waals surface area (Å²) in [5.74, 6) is 0.567. The standard InChI is InChI=1S/C14H15ClN4O/c1-9-17-6-5-11(19-9)8-18-13-7-10(14(20)16-2)3-4-12(13)15/h3-7,18H,8H2,1-2H3,(H,16,20). The zero-order valence-electron chi connectivity index (χ0n) is 11.3. The van der Waals surface area contributed by atoms with Crippen LogP contribution in [0, 0.1) is 6.92 Å². The maximum Gasteiger partial charge on any atom is 0.251 e. The Labute approximate surface area is 122 Å². The molecular weight excluding hydrogens is 276 g/mol. The van der Waals surface area contributed by atoms with Crippen molar-refractivity contribution in [2.45, 2.75) is 13.5 Å². The van der Waals surface area contributed by atoms with Gasteiger partial charge in [-0.1, -0.05) is 11.6 Å². The molecule has 0 fully saturated rings. The normalized spacial score (nSPS) is 10.2. The molecule has 2 aromatic rings. The van der Waals surface area contributed by atoms with Crippen LogP contribution in [0.5, 0.6) is 0 Å². The third-order valence-electron chi connectivity index (χ3n) is 2.75. The van der Waals surface area contributed by atoms with E-state index in [9.17, 15) is 4.79 Å². The quantitative estimate of drug-likeness (QED) is 0.907. The molecule has 0 aliphatic heterocycles. The average Bonchev–Trinajstić information content (AvgIpc) is 2.45. The van der Waals surface area contributed by atoms with Gasteiger partial charge in [-0.25, -0.2) is 9.97 Å². The van der Waals surface area contributed by atoms with Gasteiger partial charge in [0.15, 0.2) is 0 Å². The number of carbonyl (C=O) groups excluding carboxylic acids is 1. The number of anilines is 1. The third kappa shape index (κ3) is 3.45. The molecular formula is C14H15ClN4O. The summed E-state index contributed by atoms with van der Waals surface area (Å²) >= 11 is 6.11. The lowest BCUT2D eigenvalue weighted by atomic mass is 10.2. The topological polar surface area (TPSA) is 66.9 Å². The van der Waals surface area contributed by atoms with E-state index in [4.69, 9.17) is 11.6 Å². The molecule has 1 heterocycles. The van der Waals surface area contributed by atoms with Crippen molar-refractivity contribution in [2.24, 2.45) is 0 Å². The fourth-order valence-electron chi connectivity index (χ4n) is 1.74. The van der Waals surface area contributed by atoms with Gasteiger partial charge in [0, 0.05) is 18.8 Å². The molecule has 20 heavy (non-hydrogen) atoms. The van der Waals surface area contributed by atoms with Crippen molar-refractivity contribution in [3.63, 3.8) is 0 Å². The van der Waals surface area contributed by atoms with Crippen LogP contribution >= 0.6 is 11.6 Å². The summed E-state index contributed by atoms with van der Waals surface area (Å²) in [6.07, 6.45) is 1.71. The molecule has 0 bridgehead atoms. The smallest absolute Gasteiger partial charge is 0.251 e. The molecule has 0 atom stereocenters. The minimum Gasteiger partial charge on any atom is -0.378 e. The Kier molecular flexibility index (Phi) is 4.53. The number of hydrogen-bond donors (Lipinski definition) is 2. The molecule has 1 amide bonds. The number of nitrogens with zero attached hydrogens (tertiary/aromatic N) is 2. The van der Waals surface area contributed by atoms with Crippen LogP contribution in [0.15, 0.2) is 30.5 Å². The summed E-state index contributed by atoms with van der Waals surface area (Å²) in [6, 6.07) is 6.92. The van der Waals surface area contributed by atoms with Crippen LogP contribution < -0.4 is 10.6 Å². The summed E-state index contributed by atoms with van der Waals surface area (Å²) in [7, 11) is 1.59. The highest BCUT2D eigenvalue weighted by atomic mass is 35.5. The summed E-state index contributed by atoms with van der Waals surface area (Å²) in [6.45, 7) is 2.35. The molecule has 0 aliphatic rings. The Morgan fingerprint density at radius 1 is 1.35 bits per heavy atom. The number of amides is 1. The van der Waals surface area contributed by atoms with Crippen LogP contribution in [0.4, 0.5) is 5.69 Å². The summed E-state index contributed by atoms with van der Waals surface area (Å²) < 4.78 is 0. The molecule has 0 saturated heterocycles. The Bertz CT molecular complexity index is 630. The van der Waals surface area contributed by atoms with Crippen molar-refractivity contribution >= 4 is 23.2 Å². The second kappa shape index (κ2) is 6.34. The number of aromatic nitrogens is 2. The Hall–Kier alpha value is -2.14.